The van der Waals surface area contributed by atoms with Gasteiger partial charge in [-0.25, -0.2) is 0 Å². The Kier molecular flexibility index (Phi) is 4.05. The van der Waals surface area contributed by atoms with E-state index in [0.29, 0.717) is 5.92 Å². The Morgan fingerprint density at radius 1 is 1.53 bits per heavy atom. The third kappa shape index (κ3) is 3.19. The summed E-state index contributed by atoms with van der Waals surface area (Å²) in [6, 6.07) is -0.0430. The smallest absolute Gasteiger partial charge is 0.237 e. The summed E-state index contributed by atoms with van der Waals surface area (Å²) in [5.41, 5.74) is 0.0640. The number of carbonyl (C=O) groups is 1. The molecule has 0 aromatic rings. The Labute approximate surface area is 103 Å². The molecule has 17 heavy (non-hydrogen) atoms. The molecule has 2 fully saturated rings. The Bertz CT molecular complexity index is 273. The molecule has 1 amide bonds. The van der Waals surface area contributed by atoms with E-state index < -0.39 is 0 Å². The molecule has 0 bridgehead atoms. The van der Waals surface area contributed by atoms with Gasteiger partial charge >= 0.3 is 0 Å². The summed E-state index contributed by atoms with van der Waals surface area (Å²) in [4.78, 5) is 12.2. The molecule has 0 radical (unpaired) electrons. The first-order chi connectivity index (χ1) is 8.09. The van der Waals surface area contributed by atoms with Gasteiger partial charge in [0.15, 0.2) is 0 Å². The van der Waals surface area contributed by atoms with Crippen LogP contribution in [0.4, 0.5) is 0 Å². The van der Waals surface area contributed by atoms with E-state index in [4.69, 9.17) is 4.74 Å². The number of piperidine rings is 1. The van der Waals surface area contributed by atoms with Crippen LogP contribution >= 0.6 is 0 Å². The molecular formula is C13H24N2O2. The lowest BCUT2D eigenvalue weighted by molar-refractivity contribution is -0.126. The predicted molar refractivity (Wildman–Crippen MR) is 66.7 cm³/mol. The summed E-state index contributed by atoms with van der Waals surface area (Å²) in [5, 5.41) is 6.41. The number of nitrogens with one attached hydrogen (secondary N) is 2. The maximum Gasteiger partial charge on any atom is 0.237 e. The second-order valence-electron chi connectivity index (χ2n) is 5.95. The van der Waals surface area contributed by atoms with E-state index in [1.165, 1.54) is 0 Å². The topological polar surface area (TPSA) is 50.4 Å². The molecular weight excluding hydrogens is 216 g/mol. The predicted octanol–water partition coefficient (Wildman–Crippen LogP) is 0.917. The lowest BCUT2D eigenvalue weighted by atomic mass is 9.77. The molecule has 4 heteroatoms. The van der Waals surface area contributed by atoms with Gasteiger partial charge in [-0.1, -0.05) is 13.8 Å². The van der Waals surface area contributed by atoms with Crippen molar-refractivity contribution >= 4 is 5.91 Å². The average molecular weight is 240 g/mol. The molecule has 2 N–H and O–H groups in total. The lowest BCUT2D eigenvalue weighted by Crippen LogP contribution is -2.56. The SMILES string of the molecule is CC1(C)CCCNC1C(=O)NCC1CCOC1. The Morgan fingerprint density at radius 3 is 3.00 bits per heavy atom. The Morgan fingerprint density at radius 2 is 2.35 bits per heavy atom. The number of hydrogen-bond donors (Lipinski definition) is 2. The van der Waals surface area contributed by atoms with Gasteiger partial charge in [-0.3, -0.25) is 4.79 Å². The van der Waals surface area contributed by atoms with Crippen LogP contribution in [0.2, 0.25) is 0 Å². The fourth-order valence-corrected chi connectivity index (χ4v) is 2.75. The second-order valence-corrected chi connectivity index (χ2v) is 5.95. The largest absolute Gasteiger partial charge is 0.381 e. The first-order valence-corrected chi connectivity index (χ1v) is 6.68. The van der Waals surface area contributed by atoms with Crippen molar-refractivity contribution in [1.82, 2.24) is 10.6 Å². The normalized spacial score (nSPS) is 32.4. The highest BCUT2D eigenvalue weighted by molar-refractivity contribution is 5.82. The van der Waals surface area contributed by atoms with Gasteiger partial charge in [0.05, 0.1) is 12.6 Å². The molecule has 2 aliphatic heterocycles. The van der Waals surface area contributed by atoms with Gasteiger partial charge in [0.25, 0.3) is 0 Å². The third-order valence-corrected chi connectivity index (χ3v) is 3.98. The van der Waals surface area contributed by atoms with Gasteiger partial charge in [-0.05, 0) is 31.2 Å². The minimum absolute atomic E-state index is 0.0430. The quantitative estimate of drug-likeness (QED) is 0.771. The second kappa shape index (κ2) is 5.36. The summed E-state index contributed by atoms with van der Waals surface area (Å²) >= 11 is 0. The van der Waals surface area contributed by atoms with Crippen LogP contribution in [0.15, 0.2) is 0 Å². The Balaban J connectivity index is 1.81. The molecule has 2 saturated heterocycles. The van der Waals surface area contributed by atoms with Gasteiger partial charge in [-0.15, -0.1) is 0 Å². The minimum atomic E-state index is -0.0430. The monoisotopic (exact) mass is 240 g/mol. The van der Waals surface area contributed by atoms with Gasteiger partial charge in [0, 0.05) is 19.1 Å². The van der Waals surface area contributed by atoms with Crippen molar-refractivity contribution in [3.05, 3.63) is 0 Å². The molecule has 2 heterocycles. The molecule has 2 unspecified atom stereocenters. The molecule has 0 aliphatic carbocycles. The zero-order chi connectivity index (χ0) is 12.3. The van der Waals surface area contributed by atoms with Crippen molar-refractivity contribution in [2.75, 3.05) is 26.3 Å². The fourth-order valence-electron chi connectivity index (χ4n) is 2.75. The van der Waals surface area contributed by atoms with E-state index in [1.54, 1.807) is 0 Å². The zero-order valence-corrected chi connectivity index (χ0v) is 10.9. The van der Waals surface area contributed by atoms with Gasteiger partial charge in [0.1, 0.15) is 0 Å². The van der Waals surface area contributed by atoms with Crippen molar-refractivity contribution in [3.8, 4) is 0 Å². The van der Waals surface area contributed by atoms with E-state index in [0.717, 1.165) is 45.6 Å². The maximum atomic E-state index is 12.2. The number of ether oxygens (including phenoxy) is 1. The molecule has 0 spiro atoms. The van der Waals surface area contributed by atoms with E-state index in [9.17, 15) is 4.79 Å². The first-order valence-electron chi connectivity index (χ1n) is 6.68. The first kappa shape index (κ1) is 12.8. The molecule has 2 rings (SSSR count). The van der Waals surface area contributed by atoms with Gasteiger partial charge in [0.2, 0.25) is 5.91 Å². The van der Waals surface area contributed by atoms with Crippen LogP contribution in [-0.4, -0.2) is 38.3 Å². The molecule has 2 aliphatic rings. The maximum absolute atomic E-state index is 12.2. The summed E-state index contributed by atoms with van der Waals surface area (Å²) < 4.78 is 5.31. The van der Waals surface area contributed by atoms with Crippen LogP contribution < -0.4 is 10.6 Å². The van der Waals surface area contributed by atoms with Crippen LogP contribution in [0.3, 0.4) is 0 Å². The van der Waals surface area contributed by atoms with Crippen LogP contribution in [0, 0.1) is 11.3 Å². The summed E-state index contributed by atoms with van der Waals surface area (Å²) in [6.45, 7) is 7.68. The van der Waals surface area contributed by atoms with E-state index >= 15 is 0 Å². The number of rotatable bonds is 3. The van der Waals surface area contributed by atoms with Crippen LogP contribution in [0.1, 0.15) is 33.1 Å². The summed E-state index contributed by atoms with van der Waals surface area (Å²) in [7, 11) is 0. The highest BCUT2D eigenvalue weighted by Crippen LogP contribution is 2.30. The molecule has 2 atom stereocenters. The summed E-state index contributed by atoms with van der Waals surface area (Å²) in [5.74, 6) is 0.659. The Hall–Kier alpha value is -0.610. The molecule has 0 aromatic carbocycles. The van der Waals surface area contributed by atoms with E-state index in [-0.39, 0.29) is 17.4 Å². The lowest BCUT2D eigenvalue weighted by Gasteiger charge is -2.38. The van der Waals surface area contributed by atoms with Crippen molar-refractivity contribution in [3.63, 3.8) is 0 Å². The number of carbonyl (C=O) groups excluding carboxylic acids is 1. The van der Waals surface area contributed by atoms with Crippen molar-refractivity contribution in [1.29, 1.82) is 0 Å². The zero-order valence-electron chi connectivity index (χ0n) is 10.9. The standard InChI is InChI=1S/C13H24N2O2/c1-13(2)5-3-6-14-11(13)12(16)15-8-10-4-7-17-9-10/h10-11,14H,3-9H2,1-2H3,(H,15,16). The minimum Gasteiger partial charge on any atom is -0.381 e. The van der Waals surface area contributed by atoms with Crippen LogP contribution in [-0.2, 0) is 9.53 Å². The molecule has 4 nitrogen and oxygen atoms in total. The highest BCUT2D eigenvalue weighted by Gasteiger charge is 2.37. The summed E-state index contributed by atoms with van der Waals surface area (Å²) in [6.07, 6.45) is 3.35. The van der Waals surface area contributed by atoms with Crippen LogP contribution in [0.5, 0.6) is 0 Å². The molecule has 0 saturated carbocycles. The number of amides is 1. The molecule has 0 aromatic heterocycles. The van der Waals surface area contributed by atoms with Gasteiger partial charge < -0.3 is 15.4 Å². The van der Waals surface area contributed by atoms with Crippen LogP contribution in [0.25, 0.3) is 0 Å². The average Bonchev–Trinajstić information content (AvgIpc) is 2.78. The van der Waals surface area contributed by atoms with Crippen molar-refractivity contribution in [2.24, 2.45) is 11.3 Å². The third-order valence-electron chi connectivity index (χ3n) is 3.98. The highest BCUT2D eigenvalue weighted by atomic mass is 16.5. The number of hydrogen-bond acceptors (Lipinski definition) is 3. The van der Waals surface area contributed by atoms with Crippen molar-refractivity contribution < 1.29 is 9.53 Å². The van der Waals surface area contributed by atoms with E-state index in [2.05, 4.69) is 24.5 Å². The van der Waals surface area contributed by atoms with Crippen molar-refractivity contribution in [2.45, 2.75) is 39.2 Å². The fraction of sp³-hybridized carbons (Fsp3) is 0.923. The molecule has 98 valence electrons. The van der Waals surface area contributed by atoms with E-state index in [1.807, 2.05) is 0 Å². The van der Waals surface area contributed by atoms with Gasteiger partial charge in [-0.2, -0.15) is 0 Å².